The van der Waals surface area contributed by atoms with E-state index in [1.165, 1.54) is 0 Å². The number of azide groups is 1. The van der Waals surface area contributed by atoms with Gasteiger partial charge in [-0.05, 0) is 12.0 Å². The van der Waals surface area contributed by atoms with E-state index in [0.29, 0.717) is 19.4 Å². The van der Waals surface area contributed by atoms with Crippen LogP contribution in [0.25, 0.3) is 10.4 Å². The van der Waals surface area contributed by atoms with Crippen molar-refractivity contribution >= 4 is 11.9 Å². The van der Waals surface area contributed by atoms with Gasteiger partial charge in [0.15, 0.2) is 0 Å². The van der Waals surface area contributed by atoms with Gasteiger partial charge < -0.3 is 4.84 Å². The van der Waals surface area contributed by atoms with Crippen LogP contribution in [0.4, 0.5) is 0 Å². The summed E-state index contributed by atoms with van der Waals surface area (Å²) in [6, 6.07) is 0. The quantitative estimate of drug-likeness (QED) is 0.360. The molecule has 0 N–H and O–H groups in total. The van der Waals surface area contributed by atoms with Gasteiger partial charge in [-0.2, -0.15) is 5.06 Å². The molecule has 0 aromatic rings. The van der Waals surface area contributed by atoms with Gasteiger partial charge in [0.1, 0.15) is 6.54 Å². The average Bonchev–Trinajstić information content (AvgIpc) is 2.48. The molecule has 0 aromatic heterocycles. The van der Waals surface area contributed by atoms with Crippen molar-refractivity contribution in [3.8, 4) is 0 Å². The lowest BCUT2D eigenvalue weighted by Crippen LogP contribution is -2.29. The largest absolute Gasteiger partial charge is 0.338 e. The second kappa shape index (κ2) is 4.32. The molecule has 0 radical (unpaired) electrons. The Morgan fingerprint density at radius 3 is 3.08 bits per heavy atom. The third-order valence-electron chi connectivity index (χ3n) is 1.51. The molecule has 1 rings (SSSR count). The second-order valence-electron chi connectivity index (χ2n) is 2.45. The Bertz CT molecular complexity index is 271. The summed E-state index contributed by atoms with van der Waals surface area (Å²) in [6.07, 6.45) is 1.09. The van der Waals surface area contributed by atoms with Crippen LogP contribution >= 0.6 is 0 Å². The molecular weight excluding hydrogens is 176 g/mol. The highest BCUT2D eigenvalue weighted by molar-refractivity contribution is 5.80. The van der Waals surface area contributed by atoms with Crippen LogP contribution in [-0.4, -0.2) is 30.0 Å². The van der Waals surface area contributed by atoms with Crippen LogP contribution in [0.3, 0.4) is 0 Å². The standard InChI is InChI=1S/C6H8N4O3/c7-9-8-4-6(12)13-10-3-1-2-5(10)11/h1-4H2. The first-order valence-corrected chi connectivity index (χ1v) is 3.76. The fourth-order valence-corrected chi connectivity index (χ4v) is 0.961. The first kappa shape index (κ1) is 9.34. The molecule has 13 heavy (non-hydrogen) atoms. The maximum Gasteiger partial charge on any atom is 0.338 e. The van der Waals surface area contributed by atoms with Gasteiger partial charge in [-0.3, -0.25) is 4.79 Å². The zero-order valence-corrected chi connectivity index (χ0v) is 6.84. The first-order chi connectivity index (χ1) is 6.24. The molecule has 70 valence electrons. The minimum Gasteiger partial charge on any atom is -0.338 e. The summed E-state index contributed by atoms with van der Waals surface area (Å²) in [4.78, 5) is 28.7. The molecule has 0 saturated carbocycles. The van der Waals surface area contributed by atoms with E-state index >= 15 is 0 Å². The molecule has 0 unspecified atom stereocenters. The average molecular weight is 184 g/mol. The summed E-state index contributed by atoms with van der Waals surface area (Å²) in [5, 5.41) is 4.00. The molecule has 1 saturated heterocycles. The van der Waals surface area contributed by atoms with E-state index in [4.69, 9.17) is 5.53 Å². The lowest BCUT2D eigenvalue weighted by molar-refractivity contribution is -0.191. The van der Waals surface area contributed by atoms with Crippen LogP contribution in [-0.2, 0) is 14.4 Å². The number of carbonyl (C=O) groups is 2. The van der Waals surface area contributed by atoms with Crippen LogP contribution in [0.5, 0.6) is 0 Å². The maximum absolute atomic E-state index is 10.9. The molecule has 0 atom stereocenters. The second-order valence-corrected chi connectivity index (χ2v) is 2.45. The van der Waals surface area contributed by atoms with Crippen molar-refractivity contribution in [2.24, 2.45) is 5.11 Å². The van der Waals surface area contributed by atoms with Gasteiger partial charge in [0, 0.05) is 11.3 Å². The molecular formula is C6H8N4O3. The monoisotopic (exact) mass is 184 g/mol. The molecule has 1 aliphatic heterocycles. The molecule has 1 amide bonds. The van der Waals surface area contributed by atoms with E-state index in [1.807, 2.05) is 0 Å². The van der Waals surface area contributed by atoms with Gasteiger partial charge in [0.05, 0.1) is 6.54 Å². The number of nitrogens with zero attached hydrogens (tertiary/aromatic N) is 4. The van der Waals surface area contributed by atoms with Crippen molar-refractivity contribution < 1.29 is 14.4 Å². The fourth-order valence-electron chi connectivity index (χ4n) is 0.961. The number of hydroxylamine groups is 2. The predicted octanol–water partition coefficient (Wildman–Crippen LogP) is 0.377. The number of rotatable bonds is 3. The lowest BCUT2D eigenvalue weighted by Gasteiger charge is -2.12. The Morgan fingerprint density at radius 2 is 2.54 bits per heavy atom. The molecule has 7 nitrogen and oxygen atoms in total. The highest BCUT2D eigenvalue weighted by Crippen LogP contribution is 2.09. The van der Waals surface area contributed by atoms with Gasteiger partial charge in [0.25, 0.3) is 5.91 Å². The van der Waals surface area contributed by atoms with Crippen LogP contribution < -0.4 is 0 Å². The number of hydrogen-bond donors (Lipinski definition) is 0. The predicted molar refractivity (Wildman–Crippen MR) is 41.1 cm³/mol. The third-order valence-corrected chi connectivity index (χ3v) is 1.51. The summed E-state index contributed by atoms with van der Waals surface area (Å²) in [5.41, 5.74) is 7.90. The molecule has 0 aromatic carbocycles. The first-order valence-electron chi connectivity index (χ1n) is 3.76. The number of carbonyl (C=O) groups excluding carboxylic acids is 2. The Balaban J connectivity index is 2.35. The van der Waals surface area contributed by atoms with E-state index in [2.05, 4.69) is 14.9 Å². The Morgan fingerprint density at radius 1 is 1.77 bits per heavy atom. The Labute approximate surface area is 73.8 Å². The van der Waals surface area contributed by atoms with E-state index in [9.17, 15) is 9.59 Å². The summed E-state index contributed by atoms with van der Waals surface area (Å²) in [5.74, 6) is -0.928. The SMILES string of the molecule is [N-]=[N+]=NCC(=O)ON1CCCC1=O. The van der Waals surface area contributed by atoms with Crippen molar-refractivity contribution in [2.75, 3.05) is 13.1 Å². The van der Waals surface area contributed by atoms with E-state index < -0.39 is 5.97 Å². The third kappa shape index (κ3) is 2.64. The topological polar surface area (TPSA) is 95.4 Å². The van der Waals surface area contributed by atoms with Crippen LogP contribution in [0.1, 0.15) is 12.8 Å². The normalized spacial score (nSPS) is 15.4. The van der Waals surface area contributed by atoms with Crippen LogP contribution in [0.2, 0.25) is 0 Å². The molecule has 1 fully saturated rings. The highest BCUT2D eigenvalue weighted by atomic mass is 16.7. The molecule has 1 aliphatic rings. The van der Waals surface area contributed by atoms with E-state index in [-0.39, 0.29) is 12.5 Å². The van der Waals surface area contributed by atoms with Crippen LogP contribution in [0, 0.1) is 0 Å². The van der Waals surface area contributed by atoms with E-state index in [0.717, 1.165) is 5.06 Å². The van der Waals surface area contributed by atoms with Crippen molar-refractivity contribution in [1.82, 2.24) is 5.06 Å². The van der Waals surface area contributed by atoms with Gasteiger partial charge in [-0.15, -0.1) is 0 Å². The van der Waals surface area contributed by atoms with Gasteiger partial charge in [0.2, 0.25) is 0 Å². The number of hydrogen-bond acceptors (Lipinski definition) is 4. The van der Waals surface area contributed by atoms with Crippen molar-refractivity contribution in [3.05, 3.63) is 10.4 Å². The molecule has 7 heteroatoms. The molecule has 0 aliphatic carbocycles. The van der Waals surface area contributed by atoms with Crippen LogP contribution in [0.15, 0.2) is 5.11 Å². The van der Waals surface area contributed by atoms with Crippen molar-refractivity contribution in [3.63, 3.8) is 0 Å². The van der Waals surface area contributed by atoms with E-state index in [1.54, 1.807) is 0 Å². The molecule has 1 heterocycles. The summed E-state index contributed by atoms with van der Waals surface area (Å²) < 4.78 is 0. The van der Waals surface area contributed by atoms with Gasteiger partial charge >= 0.3 is 5.97 Å². The number of amides is 1. The molecule has 0 spiro atoms. The Kier molecular flexibility index (Phi) is 3.10. The van der Waals surface area contributed by atoms with Gasteiger partial charge in [-0.1, -0.05) is 5.11 Å². The Hall–Kier alpha value is -1.75. The zero-order chi connectivity index (χ0) is 9.68. The zero-order valence-electron chi connectivity index (χ0n) is 6.84. The lowest BCUT2D eigenvalue weighted by atomic mass is 10.4. The minimum atomic E-state index is -0.715. The van der Waals surface area contributed by atoms with Crippen molar-refractivity contribution in [1.29, 1.82) is 0 Å². The summed E-state index contributed by atoms with van der Waals surface area (Å²) in [6.45, 7) is 0.0289. The summed E-state index contributed by atoms with van der Waals surface area (Å²) in [7, 11) is 0. The van der Waals surface area contributed by atoms with Gasteiger partial charge in [-0.25, -0.2) is 4.79 Å². The molecule has 0 bridgehead atoms. The summed E-state index contributed by atoms with van der Waals surface area (Å²) >= 11 is 0. The maximum atomic E-state index is 10.9. The smallest absolute Gasteiger partial charge is 0.338 e. The minimum absolute atomic E-state index is 0.214. The van der Waals surface area contributed by atoms with Crippen molar-refractivity contribution in [2.45, 2.75) is 12.8 Å². The highest BCUT2D eigenvalue weighted by Gasteiger charge is 2.23. The fraction of sp³-hybridized carbons (Fsp3) is 0.667.